The number of nitrogens with zero attached hydrogens (tertiary/aromatic N) is 6. The van der Waals surface area contributed by atoms with Gasteiger partial charge in [-0.3, -0.25) is 9.59 Å². The van der Waals surface area contributed by atoms with E-state index >= 15 is 0 Å². The second-order valence-corrected chi connectivity index (χ2v) is 9.17. The number of likely N-dealkylation sites (tertiary alicyclic amines) is 1. The minimum absolute atomic E-state index is 0.0187. The highest BCUT2D eigenvalue weighted by Gasteiger charge is 2.24. The Kier molecular flexibility index (Phi) is 8.29. The van der Waals surface area contributed by atoms with Crippen LogP contribution in [-0.2, 0) is 9.59 Å². The lowest BCUT2D eigenvalue weighted by Gasteiger charge is -2.32. The molecule has 1 aromatic carbocycles. The van der Waals surface area contributed by atoms with Crippen molar-refractivity contribution < 1.29 is 14.0 Å². The van der Waals surface area contributed by atoms with E-state index in [9.17, 15) is 14.0 Å². The molecule has 0 saturated carbocycles. The molecular weight excluding hydrogens is 459 g/mol. The average molecular weight is 489 g/mol. The predicted octanol–water partition coefficient (Wildman–Crippen LogP) is 2.87. The van der Waals surface area contributed by atoms with E-state index in [1.54, 1.807) is 29.7 Å². The van der Waals surface area contributed by atoms with E-state index in [0.29, 0.717) is 44.2 Å². The van der Waals surface area contributed by atoms with Gasteiger partial charge in [-0.1, -0.05) is 17.7 Å². The third-order valence-electron chi connectivity index (χ3n) is 6.53. The number of rotatable bonds is 7. The van der Waals surface area contributed by atoms with E-state index in [2.05, 4.69) is 15.0 Å². The number of aromatic nitrogens is 3. The molecule has 0 unspecified atom stereocenters. The molecule has 0 N–H and O–H groups in total. The fourth-order valence-corrected chi connectivity index (χ4v) is 4.70. The summed E-state index contributed by atoms with van der Waals surface area (Å²) in [5.74, 6) is -0.563. The van der Waals surface area contributed by atoms with Crippen molar-refractivity contribution in [3.8, 4) is 0 Å². The molecule has 1 aromatic heterocycles. The molecule has 34 heavy (non-hydrogen) atoms. The first-order valence-corrected chi connectivity index (χ1v) is 12.1. The molecular formula is C24H30ClFN6O2. The maximum atomic E-state index is 13.3. The number of benzene rings is 1. The molecule has 8 nitrogen and oxygen atoms in total. The predicted molar refractivity (Wildman–Crippen MR) is 128 cm³/mol. The van der Waals surface area contributed by atoms with Gasteiger partial charge in [0, 0.05) is 51.8 Å². The van der Waals surface area contributed by atoms with Gasteiger partial charge in [0.2, 0.25) is 11.8 Å². The zero-order chi connectivity index (χ0) is 23.9. The molecule has 10 heteroatoms. The maximum absolute atomic E-state index is 13.3. The van der Waals surface area contributed by atoms with Crippen LogP contribution in [-0.4, -0.2) is 87.1 Å². The Balaban J connectivity index is 1.19. The first kappa shape index (κ1) is 24.3. The summed E-state index contributed by atoms with van der Waals surface area (Å²) < 4.78 is 15.2. The molecule has 2 aliphatic heterocycles. The van der Waals surface area contributed by atoms with E-state index < -0.39 is 5.82 Å². The van der Waals surface area contributed by atoms with Crippen LogP contribution in [0.25, 0.3) is 6.08 Å². The lowest BCUT2D eigenvalue weighted by Crippen LogP contribution is -2.39. The van der Waals surface area contributed by atoms with Crippen LogP contribution in [0.5, 0.6) is 0 Å². The third kappa shape index (κ3) is 6.42. The monoisotopic (exact) mass is 488 g/mol. The van der Waals surface area contributed by atoms with Crippen LogP contribution in [0.2, 0.25) is 5.02 Å². The quantitative estimate of drug-likeness (QED) is 0.560. The van der Waals surface area contributed by atoms with Crippen molar-refractivity contribution in [3.05, 3.63) is 53.3 Å². The zero-order valence-electron chi connectivity index (χ0n) is 19.2. The number of halogens is 2. The van der Waals surface area contributed by atoms with Crippen LogP contribution in [0.3, 0.4) is 0 Å². The van der Waals surface area contributed by atoms with Gasteiger partial charge in [0.25, 0.3) is 0 Å². The Morgan fingerprint density at radius 2 is 1.97 bits per heavy atom. The van der Waals surface area contributed by atoms with Crippen molar-refractivity contribution in [2.75, 3.05) is 45.8 Å². The smallest absolute Gasteiger partial charge is 0.246 e. The first-order valence-electron chi connectivity index (χ1n) is 11.8. The number of carbonyl (C=O) groups excluding carboxylic acids is 2. The van der Waals surface area contributed by atoms with Crippen LogP contribution in [0.1, 0.15) is 37.3 Å². The zero-order valence-corrected chi connectivity index (χ0v) is 19.9. The lowest BCUT2D eigenvalue weighted by atomic mass is 10.1. The Bertz CT molecular complexity index is 1010. The number of carbonyl (C=O) groups is 2. The highest BCUT2D eigenvalue weighted by atomic mass is 35.5. The number of piperidine rings is 1. The fourth-order valence-electron chi connectivity index (χ4n) is 4.51. The van der Waals surface area contributed by atoms with Crippen molar-refractivity contribution in [3.63, 3.8) is 0 Å². The average Bonchev–Trinajstić information content (AvgIpc) is 3.32. The van der Waals surface area contributed by atoms with Gasteiger partial charge < -0.3 is 14.7 Å². The Hall–Kier alpha value is -2.78. The van der Waals surface area contributed by atoms with Gasteiger partial charge in [-0.05, 0) is 49.6 Å². The van der Waals surface area contributed by atoms with Gasteiger partial charge in [-0.15, -0.1) is 0 Å². The highest BCUT2D eigenvalue weighted by Crippen LogP contribution is 2.21. The largest absolute Gasteiger partial charge is 0.341 e. The van der Waals surface area contributed by atoms with E-state index in [-0.39, 0.29) is 16.8 Å². The summed E-state index contributed by atoms with van der Waals surface area (Å²) in [5, 5.41) is 4.27. The molecule has 0 radical (unpaired) electrons. The number of hydrogen-bond acceptors (Lipinski definition) is 5. The molecule has 182 valence electrons. The molecule has 3 heterocycles. The lowest BCUT2D eigenvalue weighted by molar-refractivity contribution is -0.130. The Labute approximate surface area is 204 Å². The van der Waals surface area contributed by atoms with Crippen molar-refractivity contribution in [2.24, 2.45) is 0 Å². The van der Waals surface area contributed by atoms with E-state index in [1.807, 2.05) is 9.58 Å². The van der Waals surface area contributed by atoms with Crippen molar-refractivity contribution >= 4 is 29.5 Å². The molecule has 0 aliphatic carbocycles. The van der Waals surface area contributed by atoms with Crippen LogP contribution in [0, 0.1) is 5.82 Å². The Morgan fingerprint density at radius 3 is 2.71 bits per heavy atom. The van der Waals surface area contributed by atoms with Gasteiger partial charge in [0.05, 0.1) is 11.1 Å². The second kappa shape index (κ2) is 11.6. The summed E-state index contributed by atoms with van der Waals surface area (Å²) >= 11 is 5.79. The Morgan fingerprint density at radius 1 is 1.15 bits per heavy atom. The fraction of sp³-hybridized carbons (Fsp3) is 0.500. The first-order chi connectivity index (χ1) is 16.5. The van der Waals surface area contributed by atoms with Gasteiger partial charge in [0.1, 0.15) is 18.5 Å². The van der Waals surface area contributed by atoms with E-state index in [4.69, 9.17) is 11.6 Å². The topological polar surface area (TPSA) is 74.6 Å². The molecule has 2 amide bonds. The summed E-state index contributed by atoms with van der Waals surface area (Å²) in [5.41, 5.74) is 0.651. The molecule has 2 aliphatic rings. The summed E-state index contributed by atoms with van der Waals surface area (Å²) in [4.78, 5) is 35.2. The molecule has 2 fully saturated rings. The molecule has 0 spiro atoms. The number of amides is 2. The van der Waals surface area contributed by atoms with Crippen molar-refractivity contribution in [1.82, 2.24) is 29.5 Å². The minimum Gasteiger partial charge on any atom is -0.341 e. The SMILES string of the molecule is O=C(C=Cc1ccc(F)c(Cl)c1)N1CCC(=O)N(CCCN2CCC(n3cncn3)CC2)CC1. The van der Waals surface area contributed by atoms with Crippen molar-refractivity contribution in [1.29, 1.82) is 0 Å². The van der Waals surface area contributed by atoms with Crippen LogP contribution >= 0.6 is 11.6 Å². The van der Waals surface area contributed by atoms with E-state index in [1.165, 1.54) is 18.2 Å². The summed E-state index contributed by atoms with van der Waals surface area (Å²) in [6.45, 7) is 5.14. The molecule has 2 saturated heterocycles. The van der Waals surface area contributed by atoms with Crippen LogP contribution in [0.4, 0.5) is 4.39 Å². The normalized spacial score (nSPS) is 18.6. The van der Waals surface area contributed by atoms with Gasteiger partial charge >= 0.3 is 0 Å². The standard InChI is InChI=1S/C24H30ClFN6O2/c25-21-16-19(2-4-22(21)26)3-5-23(33)31-13-8-24(34)30(14-15-31)10-1-9-29-11-6-20(7-12-29)32-18-27-17-28-32/h2-5,16-18,20H,1,6-15H2. The van der Waals surface area contributed by atoms with Gasteiger partial charge in [-0.25, -0.2) is 14.1 Å². The molecule has 0 bridgehead atoms. The van der Waals surface area contributed by atoms with Crippen LogP contribution in [0.15, 0.2) is 36.9 Å². The molecule has 0 atom stereocenters. The maximum Gasteiger partial charge on any atom is 0.246 e. The summed E-state index contributed by atoms with van der Waals surface area (Å²) in [7, 11) is 0. The molecule has 2 aromatic rings. The highest BCUT2D eigenvalue weighted by molar-refractivity contribution is 6.30. The van der Waals surface area contributed by atoms with E-state index in [0.717, 1.165) is 38.9 Å². The summed E-state index contributed by atoms with van der Waals surface area (Å²) in [6.07, 6.45) is 9.78. The van der Waals surface area contributed by atoms with Gasteiger partial charge in [0.15, 0.2) is 0 Å². The third-order valence-corrected chi connectivity index (χ3v) is 6.82. The van der Waals surface area contributed by atoms with Gasteiger partial charge in [-0.2, -0.15) is 5.10 Å². The van der Waals surface area contributed by atoms with Crippen LogP contribution < -0.4 is 0 Å². The number of hydrogen-bond donors (Lipinski definition) is 0. The minimum atomic E-state index is -0.493. The van der Waals surface area contributed by atoms with Crippen molar-refractivity contribution in [2.45, 2.75) is 31.7 Å². The second-order valence-electron chi connectivity index (χ2n) is 8.76. The molecule has 4 rings (SSSR count). The summed E-state index contributed by atoms with van der Waals surface area (Å²) in [6, 6.07) is 4.73.